The molecule has 34 heavy (non-hydrogen) atoms. The topological polar surface area (TPSA) is 59.9 Å². The van der Waals surface area contributed by atoms with Gasteiger partial charge in [0.15, 0.2) is 11.5 Å². The van der Waals surface area contributed by atoms with Crippen LogP contribution in [0, 0.1) is 0 Å². The number of ether oxygens (including phenoxy) is 2. The lowest BCUT2D eigenvalue weighted by Gasteiger charge is -2.13. The Morgan fingerprint density at radius 2 is 1.79 bits per heavy atom. The monoisotopic (exact) mass is 536 g/mol. The molecule has 0 aliphatic heterocycles. The number of hydrazone groups is 1. The number of nitrogens with one attached hydrogen (secondary N) is 1. The summed E-state index contributed by atoms with van der Waals surface area (Å²) >= 11 is 9.47. The number of hydrogen-bond acceptors (Lipinski definition) is 4. The van der Waals surface area contributed by atoms with Crippen LogP contribution >= 0.6 is 27.5 Å². The molecule has 0 aliphatic rings. The van der Waals surface area contributed by atoms with Gasteiger partial charge < -0.3 is 9.47 Å². The van der Waals surface area contributed by atoms with Gasteiger partial charge in [0, 0.05) is 15.1 Å². The summed E-state index contributed by atoms with van der Waals surface area (Å²) < 4.78 is 12.2. The Balaban J connectivity index is 1.41. The molecule has 7 heteroatoms. The maximum Gasteiger partial charge on any atom is 0.244 e. The molecular formula is C27H22BrClN2O3. The molecule has 0 atom stereocenters. The largest absolute Gasteiger partial charge is 0.493 e. The molecule has 1 N–H and O–H groups in total. The molecule has 0 aromatic heterocycles. The lowest BCUT2D eigenvalue weighted by Crippen LogP contribution is -2.19. The first kappa shape index (κ1) is 23.8. The number of methoxy groups -OCH3 is 1. The number of amides is 1. The second-order valence-electron chi connectivity index (χ2n) is 7.55. The molecule has 0 bridgehead atoms. The normalized spacial score (nSPS) is 11.0. The van der Waals surface area contributed by atoms with Crippen LogP contribution in [-0.2, 0) is 17.8 Å². The van der Waals surface area contributed by atoms with E-state index in [-0.39, 0.29) is 12.3 Å². The van der Waals surface area contributed by atoms with Crippen LogP contribution in [0.4, 0.5) is 0 Å². The standard InChI is InChI=1S/C27H22BrClN2O3/c1-33-25-13-21(24(28)15-26(25)34-17-18-9-11-22(29)12-10-18)16-30-31-27(32)14-20-7-4-6-19-5-2-3-8-23(19)20/h2-13,15-16H,14,17H2,1H3,(H,31,32)/b30-16+. The number of hydrogen-bond donors (Lipinski definition) is 1. The third-order valence-electron chi connectivity index (χ3n) is 5.21. The highest BCUT2D eigenvalue weighted by Gasteiger charge is 2.11. The first-order valence-electron chi connectivity index (χ1n) is 10.6. The van der Waals surface area contributed by atoms with Crippen molar-refractivity contribution < 1.29 is 14.3 Å². The van der Waals surface area contributed by atoms with Gasteiger partial charge in [0.05, 0.1) is 19.7 Å². The highest BCUT2D eigenvalue weighted by molar-refractivity contribution is 9.10. The molecule has 0 heterocycles. The van der Waals surface area contributed by atoms with Gasteiger partial charge in [0.25, 0.3) is 0 Å². The van der Waals surface area contributed by atoms with Crippen LogP contribution in [0.25, 0.3) is 10.8 Å². The van der Waals surface area contributed by atoms with Crippen molar-refractivity contribution in [2.24, 2.45) is 5.10 Å². The molecule has 4 rings (SSSR count). The van der Waals surface area contributed by atoms with Crippen LogP contribution in [0.15, 0.2) is 88.4 Å². The predicted octanol–water partition coefficient (Wildman–Crippen LogP) is 6.54. The molecule has 4 aromatic carbocycles. The van der Waals surface area contributed by atoms with E-state index in [9.17, 15) is 4.79 Å². The van der Waals surface area contributed by atoms with E-state index in [1.165, 1.54) is 0 Å². The first-order chi connectivity index (χ1) is 16.5. The highest BCUT2D eigenvalue weighted by atomic mass is 79.9. The Kier molecular flexibility index (Phi) is 7.83. The minimum absolute atomic E-state index is 0.196. The van der Waals surface area contributed by atoms with Crippen molar-refractivity contribution in [2.45, 2.75) is 13.0 Å². The average Bonchev–Trinajstić information content (AvgIpc) is 2.85. The van der Waals surface area contributed by atoms with Gasteiger partial charge in [-0.2, -0.15) is 5.10 Å². The quantitative estimate of drug-likeness (QED) is 0.205. The summed E-state index contributed by atoms with van der Waals surface area (Å²) in [5.74, 6) is 0.945. The maximum atomic E-state index is 12.5. The molecular weight excluding hydrogens is 516 g/mol. The minimum Gasteiger partial charge on any atom is -0.493 e. The summed E-state index contributed by atoms with van der Waals surface area (Å²) in [7, 11) is 1.57. The Morgan fingerprint density at radius 3 is 2.59 bits per heavy atom. The fraction of sp³-hybridized carbons (Fsp3) is 0.111. The molecule has 1 amide bonds. The molecule has 0 spiro atoms. The third-order valence-corrected chi connectivity index (χ3v) is 6.15. The van der Waals surface area contributed by atoms with Crippen molar-refractivity contribution in [1.29, 1.82) is 0 Å². The number of carbonyl (C=O) groups is 1. The molecule has 0 radical (unpaired) electrons. The van der Waals surface area contributed by atoms with Crippen LogP contribution < -0.4 is 14.9 Å². The van der Waals surface area contributed by atoms with Crippen LogP contribution in [-0.4, -0.2) is 19.2 Å². The molecule has 172 valence electrons. The smallest absolute Gasteiger partial charge is 0.244 e. The summed E-state index contributed by atoms with van der Waals surface area (Å²) in [5, 5.41) is 6.96. The Bertz CT molecular complexity index is 1330. The number of benzene rings is 4. The Hall–Kier alpha value is -3.35. The van der Waals surface area contributed by atoms with Crippen molar-refractivity contribution in [3.8, 4) is 11.5 Å². The van der Waals surface area contributed by atoms with Gasteiger partial charge in [-0.15, -0.1) is 0 Å². The number of nitrogens with zero attached hydrogens (tertiary/aromatic N) is 1. The highest BCUT2D eigenvalue weighted by Crippen LogP contribution is 2.33. The van der Waals surface area contributed by atoms with Crippen LogP contribution in [0.3, 0.4) is 0 Å². The zero-order valence-electron chi connectivity index (χ0n) is 18.4. The third kappa shape index (κ3) is 5.95. The van der Waals surface area contributed by atoms with E-state index in [1.54, 1.807) is 19.4 Å². The molecule has 0 aliphatic carbocycles. The van der Waals surface area contributed by atoms with E-state index in [2.05, 4.69) is 26.5 Å². The van der Waals surface area contributed by atoms with Crippen LogP contribution in [0.1, 0.15) is 16.7 Å². The fourth-order valence-electron chi connectivity index (χ4n) is 3.50. The van der Waals surface area contributed by atoms with Crippen molar-refractivity contribution >= 4 is 50.4 Å². The van der Waals surface area contributed by atoms with Gasteiger partial charge in [-0.3, -0.25) is 4.79 Å². The van der Waals surface area contributed by atoms with Crippen molar-refractivity contribution in [2.75, 3.05) is 7.11 Å². The summed E-state index contributed by atoms with van der Waals surface area (Å²) in [6, 6.07) is 25.0. The SMILES string of the molecule is COc1cc(/C=N/NC(=O)Cc2cccc3ccccc23)c(Br)cc1OCc1ccc(Cl)cc1. The van der Waals surface area contributed by atoms with E-state index in [4.69, 9.17) is 21.1 Å². The van der Waals surface area contributed by atoms with E-state index in [0.29, 0.717) is 23.1 Å². The van der Waals surface area contributed by atoms with E-state index < -0.39 is 0 Å². The van der Waals surface area contributed by atoms with Crippen LogP contribution in [0.5, 0.6) is 11.5 Å². The number of rotatable bonds is 8. The molecule has 0 unspecified atom stereocenters. The van der Waals surface area contributed by atoms with Crippen molar-refractivity contribution in [1.82, 2.24) is 5.43 Å². The number of fused-ring (bicyclic) bond motifs is 1. The summed E-state index contributed by atoms with van der Waals surface area (Å²) in [4.78, 5) is 12.5. The zero-order chi connectivity index (χ0) is 23.9. The Morgan fingerprint density at radius 1 is 1.03 bits per heavy atom. The lowest BCUT2D eigenvalue weighted by molar-refractivity contribution is -0.120. The van der Waals surface area contributed by atoms with Gasteiger partial charge in [-0.1, -0.05) is 66.2 Å². The van der Waals surface area contributed by atoms with Gasteiger partial charge in [-0.25, -0.2) is 5.43 Å². The fourth-order valence-corrected chi connectivity index (χ4v) is 4.05. The molecule has 4 aromatic rings. The summed E-state index contributed by atoms with van der Waals surface area (Å²) in [5.41, 5.74) is 5.28. The van der Waals surface area contributed by atoms with Gasteiger partial charge in [0.2, 0.25) is 5.91 Å². The molecule has 0 fully saturated rings. The van der Waals surface area contributed by atoms with E-state index >= 15 is 0 Å². The van der Waals surface area contributed by atoms with E-state index in [1.807, 2.05) is 72.8 Å². The number of carbonyl (C=O) groups excluding carboxylic acids is 1. The average molecular weight is 538 g/mol. The van der Waals surface area contributed by atoms with Crippen LogP contribution in [0.2, 0.25) is 5.02 Å². The first-order valence-corrected chi connectivity index (χ1v) is 11.7. The molecule has 0 saturated heterocycles. The molecule has 0 saturated carbocycles. The number of halogens is 2. The van der Waals surface area contributed by atoms with Crippen molar-refractivity contribution in [3.63, 3.8) is 0 Å². The van der Waals surface area contributed by atoms with Gasteiger partial charge in [0.1, 0.15) is 6.61 Å². The molecule has 5 nitrogen and oxygen atoms in total. The zero-order valence-corrected chi connectivity index (χ0v) is 20.8. The summed E-state index contributed by atoms with van der Waals surface area (Å²) in [6.45, 7) is 0.373. The summed E-state index contributed by atoms with van der Waals surface area (Å²) in [6.07, 6.45) is 1.80. The minimum atomic E-state index is -0.196. The second-order valence-corrected chi connectivity index (χ2v) is 8.84. The van der Waals surface area contributed by atoms with Gasteiger partial charge in [-0.05, 0) is 62.1 Å². The predicted molar refractivity (Wildman–Crippen MR) is 140 cm³/mol. The van der Waals surface area contributed by atoms with Crippen molar-refractivity contribution in [3.05, 3.63) is 105 Å². The van der Waals surface area contributed by atoms with E-state index in [0.717, 1.165) is 31.9 Å². The Labute approximate surface area is 211 Å². The maximum absolute atomic E-state index is 12.5. The van der Waals surface area contributed by atoms with Gasteiger partial charge >= 0.3 is 0 Å². The lowest BCUT2D eigenvalue weighted by atomic mass is 10.0. The second kappa shape index (κ2) is 11.2.